The molecule has 4 amide bonds. The van der Waals surface area contributed by atoms with E-state index in [-0.39, 0.29) is 41.3 Å². The molecule has 8 rings (SSSR count). The molecular formula is C42H36Cl2FN5O7. The number of halogens is 3. The number of amides is 4. The summed E-state index contributed by atoms with van der Waals surface area (Å²) in [4.78, 5) is 57.7. The van der Waals surface area contributed by atoms with Crippen LogP contribution in [-0.2, 0) is 19.2 Å². The van der Waals surface area contributed by atoms with Gasteiger partial charge < -0.3 is 19.5 Å². The number of phenols is 1. The van der Waals surface area contributed by atoms with Crippen LogP contribution in [0.2, 0.25) is 0 Å². The first-order valence-corrected chi connectivity index (χ1v) is 18.8. The number of ether oxygens (including phenoxy) is 2. The number of anilines is 3. The summed E-state index contributed by atoms with van der Waals surface area (Å²) in [6.07, 6.45) is 1.61. The predicted octanol–water partition coefficient (Wildman–Crippen LogP) is 7.80. The molecule has 12 nitrogen and oxygen atoms in total. The summed E-state index contributed by atoms with van der Waals surface area (Å²) in [5.41, 5.74) is 3.24. The number of allylic oxidation sites excluding steroid dienone is 2. The molecule has 4 aromatic carbocycles. The maximum Gasteiger partial charge on any atom is 0.258 e. The van der Waals surface area contributed by atoms with Gasteiger partial charge in [0.2, 0.25) is 11.8 Å². The second kappa shape index (κ2) is 14.0. The average molecular weight is 813 g/mol. The molecule has 1 saturated carbocycles. The summed E-state index contributed by atoms with van der Waals surface area (Å²) in [6, 6.07) is 21.5. The van der Waals surface area contributed by atoms with E-state index in [2.05, 4.69) is 10.2 Å². The van der Waals surface area contributed by atoms with Crippen molar-refractivity contribution in [2.45, 2.75) is 28.5 Å². The number of methoxy groups -OCH3 is 2. The van der Waals surface area contributed by atoms with Crippen LogP contribution in [0.5, 0.6) is 17.2 Å². The molecule has 1 N–H and O–H groups in total. The van der Waals surface area contributed by atoms with Crippen LogP contribution in [0.15, 0.2) is 107 Å². The van der Waals surface area contributed by atoms with Crippen LogP contribution in [0.25, 0.3) is 0 Å². The highest BCUT2D eigenvalue weighted by Crippen LogP contribution is 2.67. The lowest BCUT2D eigenvalue weighted by Crippen LogP contribution is -2.60. The monoisotopic (exact) mass is 811 g/mol. The Balaban J connectivity index is 1.19. The van der Waals surface area contributed by atoms with Gasteiger partial charge in [0, 0.05) is 43.4 Å². The number of aromatic hydroxyl groups is 1. The number of carbonyl (C=O) groups is 4. The topological polar surface area (TPSA) is 141 Å². The highest BCUT2D eigenvalue weighted by Gasteiger charge is 2.77. The number of azo groups is 1. The van der Waals surface area contributed by atoms with Crippen LogP contribution in [0.4, 0.5) is 32.8 Å². The Bertz CT molecular complexity index is 2370. The van der Waals surface area contributed by atoms with E-state index in [1.807, 2.05) is 43.3 Å². The lowest BCUT2D eigenvalue weighted by molar-refractivity contribution is -0.125. The number of carbonyl (C=O) groups excluding carboxylic acids is 4. The maximum absolute atomic E-state index is 14.8. The van der Waals surface area contributed by atoms with Gasteiger partial charge in [0.1, 0.15) is 23.1 Å². The highest BCUT2D eigenvalue weighted by atomic mass is 35.5. The van der Waals surface area contributed by atoms with E-state index in [4.69, 9.17) is 32.7 Å². The summed E-state index contributed by atoms with van der Waals surface area (Å²) >= 11 is 15.0. The van der Waals surface area contributed by atoms with Gasteiger partial charge in [-0.1, -0.05) is 11.6 Å². The smallest absolute Gasteiger partial charge is 0.258 e. The number of rotatable bonds is 8. The van der Waals surface area contributed by atoms with Crippen LogP contribution in [0.1, 0.15) is 24.3 Å². The third-order valence-corrected chi connectivity index (χ3v) is 12.9. The van der Waals surface area contributed by atoms with Gasteiger partial charge in [0.15, 0.2) is 9.75 Å². The largest absolute Gasteiger partial charge is 0.508 e. The van der Waals surface area contributed by atoms with Gasteiger partial charge in [-0.2, -0.15) is 10.2 Å². The number of nitrogens with zero attached hydrogens (tertiary/aromatic N) is 5. The fraction of sp³-hybridized carbons (Fsp3) is 0.286. The maximum atomic E-state index is 14.8. The van der Waals surface area contributed by atoms with Crippen LogP contribution < -0.4 is 24.2 Å². The number of hydrogen-bond donors (Lipinski definition) is 1. The first kappa shape index (κ1) is 38.1. The lowest BCUT2D eigenvalue weighted by Gasteiger charge is -2.51. The van der Waals surface area contributed by atoms with Gasteiger partial charge in [0.05, 0.1) is 48.8 Å². The Labute approximate surface area is 337 Å². The molecule has 4 aliphatic rings. The summed E-state index contributed by atoms with van der Waals surface area (Å²) in [5.74, 6) is -7.24. The third-order valence-electron chi connectivity index (χ3n) is 11.5. The Morgan fingerprint density at radius 2 is 1.32 bits per heavy atom. The number of alkyl halides is 2. The Morgan fingerprint density at radius 3 is 1.88 bits per heavy atom. The van der Waals surface area contributed by atoms with Crippen molar-refractivity contribution < 1.29 is 38.1 Å². The molecule has 15 heteroatoms. The second-order valence-electron chi connectivity index (χ2n) is 14.7. The van der Waals surface area contributed by atoms with E-state index in [0.29, 0.717) is 22.6 Å². The van der Waals surface area contributed by atoms with Crippen molar-refractivity contribution in [2.75, 3.05) is 43.0 Å². The molecule has 0 bridgehead atoms. The summed E-state index contributed by atoms with van der Waals surface area (Å²) in [7, 11) is 6.60. The highest BCUT2D eigenvalue weighted by molar-refractivity contribution is 6.58. The van der Waals surface area contributed by atoms with Gasteiger partial charge in [0.25, 0.3) is 11.8 Å². The number of hydrogen-bond acceptors (Lipinski definition) is 10. The van der Waals surface area contributed by atoms with Crippen LogP contribution in [0, 0.1) is 23.6 Å². The zero-order valence-electron chi connectivity index (χ0n) is 31.2. The zero-order chi connectivity index (χ0) is 40.6. The number of fused-ring (bicyclic) bond motifs is 4. The van der Waals surface area contributed by atoms with E-state index >= 15 is 0 Å². The standard InChI is InChI=1S/C42H36Cl2FN5O7/c1-48(2)25-13-7-23(8-14-25)46-47-24-9-15-26(16-10-24)49-37(52)30-18-17-29-31(34(30)38(49)53)21-41(43)39(54)50(27-11-5-22(45)6-12-27)40(55)42(41,44)36(29)35-32(56-3)19-28(51)20-33(35)57-4/h5-17,19-20,30-31,34,36,51H,18,21H2,1-4H3. The minimum Gasteiger partial charge on any atom is -0.508 e. The molecule has 4 aromatic rings. The molecule has 3 fully saturated rings. The zero-order valence-corrected chi connectivity index (χ0v) is 32.7. The predicted molar refractivity (Wildman–Crippen MR) is 212 cm³/mol. The SMILES string of the molecule is COc1cc(O)cc(OC)c1C1C2=CCC3C(=O)N(c4ccc(N=Nc5ccc(N(C)C)cc5)cc4)C(=O)C3C2CC2(Cl)C(=O)N(c3ccc(F)cc3)C(=O)C12Cl. The van der Waals surface area contributed by atoms with Gasteiger partial charge in [-0.25, -0.2) is 9.29 Å². The van der Waals surface area contributed by atoms with Gasteiger partial charge in [-0.05, 0) is 91.6 Å². The fourth-order valence-corrected chi connectivity index (χ4v) is 9.70. The number of imide groups is 2. The Hall–Kier alpha value is -5.79. The van der Waals surface area contributed by atoms with E-state index in [9.17, 15) is 28.7 Å². The minimum absolute atomic E-state index is 0.0441. The molecule has 6 unspecified atom stereocenters. The summed E-state index contributed by atoms with van der Waals surface area (Å²) in [5, 5.41) is 19.2. The van der Waals surface area contributed by atoms with E-state index in [1.165, 1.54) is 38.5 Å². The van der Waals surface area contributed by atoms with Crippen LogP contribution in [0.3, 0.4) is 0 Å². The molecule has 0 aromatic heterocycles. The molecule has 2 heterocycles. The fourth-order valence-electron chi connectivity index (χ4n) is 8.78. The van der Waals surface area contributed by atoms with Gasteiger partial charge in [-0.3, -0.25) is 24.1 Å². The van der Waals surface area contributed by atoms with Gasteiger partial charge >= 0.3 is 0 Å². The number of phenolic OH excluding ortho intramolecular Hbond substituents is 1. The second-order valence-corrected chi connectivity index (χ2v) is 15.9. The molecule has 292 valence electrons. The lowest BCUT2D eigenvalue weighted by atomic mass is 9.56. The third kappa shape index (κ3) is 5.77. The first-order valence-electron chi connectivity index (χ1n) is 18.1. The molecule has 2 saturated heterocycles. The normalized spacial score (nSPS) is 26.7. The van der Waals surface area contributed by atoms with Crippen LogP contribution in [-0.4, -0.2) is 66.8 Å². The Kier molecular flexibility index (Phi) is 9.35. The van der Waals surface area contributed by atoms with Gasteiger partial charge in [-0.15, -0.1) is 23.2 Å². The van der Waals surface area contributed by atoms with E-state index in [0.717, 1.165) is 27.6 Å². The van der Waals surface area contributed by atoms with Crippen molar-refractivity contribution in [3.05, 3.63) is 108 Å². The molecule has 57 heavy (non-hydrogen) atoms. The van der Waals surface area contributed by atoms with Crippen LogP contribution >= 0.6 is 23.2 Å². The van der Waals surface area contributed by atoms with Crippen molar-refractivity contribution >= 4 is 75.3 Å². The average Bonchev–Trinajstić information content (AvgIpc) is 3.54. The number of benzene rings is 4. The van der Waals surface area contributed by atoms with Crippen molar-refractivity contribution in [2.24, 2.45) is 28.0 Å². The summed E-state index contributed by atoms with van der Waals surface area (Å²) < 4.78 is 25.5. The molecule has 0 spiro atoms. The van der Waals surface area contributed by atoms with Crippen molar-refractivity contribution in [3.63, 3.8) is 0 Å². The molecule has 0 radical (unpaired) electrons. The first-order chi connectivity index (χ1) is 27.2. The van der Waals surface area contributed by atoms with E-state index < -0.39 is 62.9 Å². The molecular weight excluding hydrogens is 776 g/mol. The summed E-state index contributed by atoms with van der Waals surface area (Å²) in [6.45, 7) is 0. The minimum atomic E-state index is -2.24. The van der Waals surface area contributed by atoms with Crippen molar-refractivity contribution in [1.29, 1.82) is 0 Å². The van der Waals surface area contributed by atoms with Crippen molar-refractivity contribution in [3.8, 4) is 17.2 Å². The molecule has 6 atom stereocenters. The van der Waals surface area contributed by atoms with E-state index in [1.54, 1.807) is 30.3 Å². The Morgan fingerprint density at radius 1 is 0.772 bits per heavy atom. The quantitative estimate of drug-likeness (QED) is 0.0823. The molecule has 2 aliphatic carbocycles. The van der Waals surface area contributed by atoms with Crippen molar-refractivity contribution in [1.82, 2.24) is 0 Å². The molecule has 2 aliphatic heterocycles.